The lowest BCUT2D eigenvalue weighted by Crippen LogP contribution is -2.31. The predicted molar refractivity (Wildman–Crippen MR) is 63.9 cm³/mol. The smallest absolute Gasteiger partial charge is 0.221 e. The third kappa shape index (κ3) is 3.82. The number of nitrogens with one attached hydrogen (secondary N) is 2. The van der Waals surface area contributed by atoms with Crippen molar-refractivity contribution in [2.24, 2.45) is 0 Å². The molecule has 1 aliphatic rings. The quantitative estimate of drug-likeness (QED) is 0.833. The second-order valence-corrected chi connectivity index (χ2v) is 4.40. The van der Waals surface area contributed by atoms with Crippen molar-refractivity contribution >= 4 is 5.91 Å². The highest BCUT2D eigenvalue weighted by molar-refractivity contribution is 5.76. The molecule has 2 rings (SSSR count). The molecule has 1 saturated heterocycles. The Bertz CT molecular complexity index is 389. The minimum atomic E-state index is -0.269. The molecular weight excluding hydrogens is 219 g/mol. The van der Waals surface area contributed by atoms with Gasteiger partial charge < -0.3 is 10.6 Å². The van der Waals surface area contributed by atoms with Gasteiger partial charge in [-0.15, -0.1) is 0 Å². The number of rotatable bonds is 4. The number of benzene rings is 1. The van der Waals surface area contributed by atoms with Gasteiger partial charge >= 0.3 is 0 Å². The summed E-state index contributed by atoms with van der Waals surface area (Å²) in [7, 11) is 0. The van der Waals surface area contributed by atoms with Crippen LogP contribution in [-0.4, -0.2) is 18.5 Å². The lowest BCUT2D eigenvalue weighted by molar-refractivity contribution is -0.121. The van der Waals surface area contributed by atoms with E-state index in [-0.39, 0.29) is 11.7 Å². The Morgan fingerprint density at radius 3 is 3.12 bits per heavy atom. The summed E-state index contributed by atoms with van der Waals surface area (Å²) in [5, 5.41) is 6.08. The van der Waals surface area contributed by atoms with Crippen LogP contribution in [0.15, 0.2) is 24.3 Å². The average molecular weight is 236 g/mol. The van der Waals surface area contributed by atoms with E-state index in [4.69, 9.17) is 0 Å². The van der Waals surface area contributed by atoms with Crippen LogP contribution in [-0.2, 0) is 11.3 Å². The van der Waals surface area contributed by atoms with Crippen LogP contribution < -0.4 is 10.6 Å². The zero-order chi connectivity index (χ0) is 12.1. The van der Waals surface area contributed by atoms with Crippen LogP contribution in [0.3, 0.4) is 0 Å². The lowest BCUT2D eigenvalue weighted by atomic mass is 10.1. The topological polar surface area (TPSA) is 41.1 Å². The third-order valence-electron chi connectivity index (χ3n) is 2.97. The highest BCUT2D eigenvalue weighted by Crippen LogP contribution is 2.08. The molecule has 0 aromatic heterocycles. The van der Waals surface area contributed by atoms with Crippen molar-refractivity contribution in [2.75, 3.05) is 6.54 Å². The molecule has 0 radical (unpaired) electrons. The standard InChI is InChI=1S/C13H17FN2O/c14-11-4-1-3-10(7-11)9-16-13(17)8-12-5-2-6-15-12/h1,3-4,7,12,15H,2,5-6,8-9H2,(H,16,17). The maximum Gasteiger partial charge on any atom is 0.221 e. The first kappa shape index (κ1) is 12.0. The van der Waals surface area contributed by atoms with E-state index in [2.05, 4.69) is 10.6 Å². The van der Waals surface area contributed by atoms with Gasteiger partial charge in [0.25, 0.3) is 0 Å². The minimum Gasteiger partial charge on any atom is -0.352 e. The van der Waals surface area contributed by atoms with Crippen molar-refractivity contribution in [1.29, 1.82) is 0 Å². The summed E-state index contributed by atoms with van der Waals surface area (Å²) in [4.78, 5) is 11.6. The van der Waals surface area contributed by atoms with Gasteiger partial charge in [0.05, 0.1) is 0 Å². The van der Waals surface area contributed by atoms with Crippen molar-refractivity contribution in [1.82, 2.24) is 10.6 Å². The number of carbonyl (C=O) groups is 1. The van der Waals surface area contributed by atoms with E-state index in [1.165, 1.54) is 12.1 Å². The molecule has 4 heteroatoms. The summed E-state index contributed by atoms with van der Waals surface area (Å²) >= 11 is 0. The van der Waals surface area contributed by atoms with E-state index >= 15 is 0 Å². The first-order valence-electron chi connectivity index (χ1n) is 5.98. The van der Waals surface area contributed by atoms with Gasteiger partial charge in [0, 0.05) is 19.0 Å². The number of carbonyl (C=O) groups excluding carboxylic acids is 1. The van der Waals surface area contributed by atoms with Gasteiger partial charge in [-0.2, -0.15) is 0 Å². The molecule has 0 saturated carbocycles. The molecule has 1 aromatic rings. The zero-order valence-electron chi connectivity index (χ0n) is 9.71. The van der Waals surface area contributed by atoms with Gasteiger partial charge in [0.15, 0.2) is 0 Å². The average Bonchev–Trinajstić information content (AvgIpc) is 2.79. The maximum atomic E-state index is 12.9. The molecule has 0 aliphatic carbocycles. The largest absolute Gasteiger partial charge is 0.352 e. The summed E-state index contributed by atoms with van der Waals surface area (Å²) < 4.78 is 12.9. The Kier molecular flexibility index (Phi) is 4.09. The molecule has 1 amide bonds. The second kappa shape index (κ2) is 5.77. The van der Waals surface area contributed by atoms with Crippen LogP contribution in [0.2, 0.25) is 0 Å². The Morgan fingerprint density at radius 2 is 2.41 bits per heavy atom. The van der Waals surface area contributed by atoms with E-state index in [0.29, 0.717) is 19.0 Å². The van der Waals surface area contributed by atoms with Crippen LogP contribution >= 0.6 is 0 Å². The molecule has 1 atom stereocenters. The number of hydrogen-bond donors (Lipinski definition) is 2. The molecule has 1 heterocycles. The van der Waals surface area contributed by atoms with Crippen molar-refractivity contribution < 1.29 is 9.18 Å². The fourth-order valence-corrected chi connectivity index (χ4v) is 2.07. The molecular formula is C13H17FN2O. The van der Waals surface area contributed by atoms with E-state index in [1.54, 1.807) is 12.1 Å². The van der Waals surface area contributed by atoms with E-state index in [1.807, 2.05) is 0 Å². The van der Waals surface area contributed by atoms with Crippen LogP contribution in [0.25, 0.3) is 0 Å². The Balaban J connectivity index is 1.75. The van der Waals surface area contributed by atoms with E-state index in [9.17, 15) is 9.18 Å². The normalized spacial score (nSPS) is 19.2. The van der Waals surface area contributed by atoms with Crippen LogP contribution in [0.5, 0.6) is 0 Å². The van der Waals surface area contributed by atoms with Crippen molar-refractivity contribution in [3.8, 4) is 0 Å². The fraction of sp³-hybridized carbons (Fsp3) is 0.462. The SMILES string of the molecule is O=C(CC1CCCN1)NCc1cccc(F)c1. The summed E-state index contributed by atoms with van der Waals surface area (Å²) in [5.41, 5.74) is 0.790. The Labute approximate surface area is 100 Å². The van der Waals surface area contributed by atoms with E-state index in [0.717, 1.165) is 24.9 Å². The molecule has 17 heavy (non-hydrogen) atoms. The van der Waals surface area contributed by atoms with Crippen molar-refractivity contribution in [3.05, 3.63) is 35.6 Å². The van der Waals surface area contributed by atoms with Gasteiger partial charge in [-0.3, -0.25) is 4.79 Å². The fourth-order valence-electron chi connectivity index (χ4n) is 2.07. The summed E-state index contributed by atoms with van der Waals surface area (Å²) in [6, 6.07) is 6.59. The van der Waals surface area contributed by atoms with Crippen LogP contribution in [0, 0.1) is 5.82 Å². The highest BCUT2D eigenvalue weighted by atomic mass is 19.1. The van der Waals surface area contributed by atoms with Gasteiger partial charge in [-0.1, -0.05) is 12.1 Å². The monoisotopic (exact) mass is 236 g/mol. The molecule has 1 unspecified atom stereocenters. The highest BCUT2D eigenvalue weighted by Gasteiger charge is 2.17. The molecule has 1 aliphatic heterocycles. The van der Waals surface area contributed by atoms with Gasteiger partial charge in [0.1, 0.15) is 5.82 Å². The number of amides is 1. The maximum absolute atomic E-state index is 12.9. The number of hydrogen-bond acceptors (Lipinski definition) is 2. The van der Waals surface area contributed by atoms with Crippen LogP contribution in [0.4, 0.5) is 4.39 Å². The summed E-state index contributed by atoms with van der Waals surface area (Å²) in [6.45, 7) is 1.39. The molecule has 1 aromatic carbocycles. The van der Waals surface area contributed by atoms with Crippen molar-refractivity contribution in [3.63, 3.8) is 0 Å². The zero-order valence-corrected chi connectivity index (χ0v) is 9.71. The Morgan fingerprint density at radius 1 is 1.53 bits per heavy atom. The van der Waals surface area contributed by atoms with Crippen LogP contribution in [0.1, 0.15) is 24.8 Å². The van der Waals surface area contributed by atoms with E-state index < -0.39 is 0 Å². The first-order chi connectivity index (χ1) is 8.24. The third-order valence-corrected chi connectivity index (χ3v) is 2.97. The summed E-state index contributed by atoms with van der Waals surface area (Å²) in [6.07, 6.45) is 2.71. The molecule has 0 spiro atoms. The molecule has 0 bridgehead atoms. The van der Waals surface area contributed by atoms with Gasteiger partial charge in [0.2, 0.25) is 5.91 Å². The molecule has 2 N–H and O–H groups in total. The summed E-state index contributed by atoms with van der Waals surface area (Å²) in [5.74, 6) is -0.247. The molecule has 3 nitrogen and oxygen atoms in total. The Hall–Kier alpha value is -1.42. The second-order valence-electron chi connectivity index (χ2n) is 4.40. The number of halogens is 1. The minimum absolute atomic E-state index is 0.0219. The predicted octanol–water partition coefficient (Wildman–Crippen LogP) is 1.58. The first-order valence-corrected chi connectivity index (χ1v) is 5.98. The molecule has 1 fully saturated rings. The van der Waals surface area contributed by atoms with Gasteiger partial charge in [-0.05, 0) is 37.1 Å². The van der Waals surface area contributed by atoms with Gasteiger partial charge in [-0.25, -0.2) is 4.39 Å². The lowest BCUT2D eigenvalue weighted by Gasteiger charge is -2.10. The molecule has 92 valence electrons. The van der Waals surface area contributed by atoms with Crippen molar-refractivity contribution in [2.45, 2.75) is 31.8 Å².